The third-order valence-electron chi connectivity index (χ3n) is 3.91. The first kappa shape index (κ1) is 12.6. The normalized spacial score (nSPS) is 12.7. The minimum Gasteiger partial charge on any atom is -0.508 e. The third-order valence-corrected chi connectivity index (χ3v) is 3.91. The minimum absolute atomic E-state index is 0.0491. The highest BCUT2D eigenvalue weighted by Crippen LogP contribution is 2.35. The van der Waals surface area contributed by atoms with E-state index in [2.05, 4.69) is 29.7 Å². The van der Waals surface area contributed by atoms with Crippen molar-refractivity contribution in [1.82, 2.24) is 4.57 Å². The molecule has 2 N–H and O–H groups in total. The fraction of sp³-hybridized carbons (Fsp3) is 0.176. The van der Waals surface area contributed by atoms with E-state index in [1.165, 1.54) is 17.0 Å². The minimum atomic E-state index is 0.0491. The van der Waals surface area contributed by atoms with E-state index < -0.39 is 0 Å². The van der Waals surface area contributed by atoms with Crippen LogP contribution in [0, 0.1) is 0 Å². The largest absolute Gasteiger partial charge is 0.508 e. The van der Waals surface area contributed by atoms with Gasteiger partial charge in [-0.2, -0.15) is 0 Å². The predicted molar refractivity (Wildman–Crippen MR) is 80.2 cm³/mol. The van der Waals surface area contributed by atoms with Gasteiger partial charge in [0, 0.05) is 35.8 Å². The van der Waals surface area contributed by atoms with E-state index in [4.69, 9.17) is 0 Å². The molecule has 1 unspecified atom stereocenters. The summed E-state index contributed by atoms with van der Waals surface area (Å²) in [5, 5.41) is 20.6. The quantitative estimate of drug-likeness (QED) is 0.743. The zero-order valence-corrected chi connectivity index (χ0v) is 11.5. The summed E-state index contributed by atoms with van der Waals surface area (Å²) >= 11 is 0. The Kier molecular flexibility index (Phi) is 2.90. The van der Waals surface area contributed by atoms with Crippen molar-refractivity contribution in [3.8, 4) is 11.5 Å². The number of fused-ring (bicyclic) bond motifs is 1. The van der Waals surface area contributed by atoms with Crippen molar-refractivity contribution in [2.24, 2.45) is 7.05 Å². The van der Waals surface area contributed by atoms with Gasteiger partial charge < -0.3 is 14.8 Å². The lowest BCUT2D eigenvalue weighted by Crippen LogP contribution is -2.03. The van der Waals surface area contributed by atoms with Gasteiger partial charge in [0.2, 0.25) is 0 Å². The molecule has 20 heavy (non-hydrogen) atoms. The molecule has 0 amide bonds. The van der Waals surface area contributed by atoms with E-state index in [-0.39, 0.29) is 17.4 Å². The van der Waals surface area contributed by atoms with Gasteiger partial charge >= 0.3 is 0 Å². The van der Waals surface area contributed by atoms with E-state index in [0.717, 1.165) is 11.3 Å². The molecular weight excluding hydrogens is 250 g/mol. The van der Waals surface area contributed by atoms with Gasteiger partial charge in [-0.25, -0.2) is 0 Å². The lowest BCUT2D eigenvalue weighted by molar-refractivity contribution is 0.444. The zero-order chi connectivity index (χ0) is 14.3. The molecule has 0 aliphatic rings. The van der Waals surface area contributed by atoms with Crippen LogP contribution < -0.4 is 0 Å². The molecule has 3 heteroatoms. The average Bonchev–Trinajstić information content (AvgIpc) is 2.76. The lowest BCUT2D eigenvalue weighted by atomic mass is 9.96. The monoisotopic (exact) mass is 267 g/mol. The maximum Gasteiger partial charge on any atom is 0.123 e. The van der Waals surface area contributed by atoms with Gasteiger partial charge in [-0.3, -0.25) is 0 Å². The maximum absolute atomic E-state index is 10.0. The molecule has 0 fully saturated rings. The SMILES string of the molecule is CC(c1ccc(O)cc1O)c1cc2ccccc2n1C. The first-order valence-electron chi connectivity index (χ1n) is 6.64. The predicted octanol–water partition coefficient (Wildman–Crippen LogP) is 3.74. The molecule has 1 atom stereocenters. The molecule has 0 radical (unpaired) electrons. The van der Waals surface area contributed by atoms with Crippen molar-refractivity contribution in [3.63, 3.8) is 0 Å². The number of benzene rings is 2. The van der Waals surface area contributed by atoms with Crippen molar-refractivity contribution in [1.29, 1.82) is 0 Å². The van der Waals surface area contributed by atoms with E-state index in [0.29, 0.717) is 0 Å². The second kappa shape index (κ2) is 4.60. The molecule has 0 aliphatic heterocycles. The van der Waals surface area contributed by atoms with Gasteiger partial charge in [0.05, 0.1) is 0 Å². The van der Waals surface area contributed by atoms with E-state index >= 15 is 0 Å². The van der Waals surface area contributed by atoms with Crippen LogP contribution in [-0.4, -0.2) is 14.8 Å². The van der Waals surface area contributed by atoms with Crippen LogP contribution in [0.15, 0.2) is 48.5 Å². The summed E-state index contributed by atoms with van der Waals surface area (Å²) in [6.45, 7) is 2.06. The number of nitrogens with zero attached hydrogens (tertiary/aromatic N) is 1. The van der Waals surface area contributed by atoms with Gasteiger partial charge in [-0.1, -0.05) is 31.2 Å². The van der Waals surface area contributed by atoms with Crippen molar-refractivity contribution in [3.05, 3.63) is 59.8 Å². The lowest BCUT2D eigenvalue weighted by Gasteiger charge is -2.15. The Morgan fingerprint density at radius 1 is 1.00 bits per heavy atom. The number of aryl methyl sites for hydroxylation is 1. The molecule has 1 heterocycles. The van der Waals surface area contributed by atoms with Gasteiger partial charge in [0.25, 0.3) is 0 Å². The van der Waals surface area contributed by atoms with Crippen LogP contribution in [0.5, 0.6) is 11.5 Å². The Balaban J connectivity index is 2.12. The molecule has 3 nitrogen and oxygen atoms in total. The summed E-state index contributed by atoms with van der Waals surface area (Å²) < 4.78 is 2.15. The summed E-state index contributed by atoms with van der Waals surface area (Å²) in [7, 11) is 2.03. The average molecular weight is 267 g/mol. The number of hydrogen-bond acceptors (Lipinski definition) is 2. The summed E-state index contributed by atoms with van der Waals surface area (Å²) in [6.07, 6.45) is 0. The van der Waals surface area contributed by atoms with Crippen molar-refractivity contribution in [2.75, 3.05) is 0 Å². The second-order valence-corrected chi connectivity index (χ2v) is 5.15. The second-order valence-electron chi connectivity index (χ2n) is 5.15. The van der Waals surface area contributed by atoms with Gasteiger partial charge in [0.1, 0.15) is 11.5 Å². The first-order chi connectivity index (χ1) is 9.58. The molecule has 3 aromatic rings. The van der Waals surface area contributed by atoms with E-state index in [9.17, 15) is 10.2 Å². The Labute approximate surface area is 117 Å². The first-order valence-corrected chi connectivity index (χ1v) is 6.64. The molecule has 0 saturated heterocycles. The molecule has 0 bridgehead atoms. The molecule has 3 rings (SSSR count). The number of rotatable bonds is 2. The van der Waals surface area contributed by atoms with Crippen LogP contribution in [0.25, 0.3) is 10.9 Å². The Morgan fingerprint density at radius 3 is 2.45 bits per heavy atom. The van der Waals surface area contributed by atoms with Crippen LogP contribution in [0.3, 0.4) is 0 Å². The number of hydrogen-bond donors (Lipinski definition) is 2. The number of aromatic nitrogens is 1. The smallest absolute Gasteiger partial charge is 0.123 e. The van der Waals surface area contributed by atoms with Crippen LogP contribution in [-0.2, 0) is 7.05 Å². The van der Waals surface area contributed by atoms with Crippen LogP contribution in [0.2, 0.25) is 0 Å². The number of phenolic OH excluding ortho intramolecular Hbond substituents is 2. The van der Waals surface area contributed by atoms with Crippen molar-refractivity contribution < 1.29 is 10.2 Å². The van der Waals surface area contributed by atoms with Gasteiger partial charge in [-0.05, 0) is 23.6 Å². The third kappa shape index (κ3) is 1.92. The number of para-hydroxylation sites is 1. The van der Waals surface area contributed by atoms with Gasteiger partial charge in [-0.15, -0.1) is 0 Å². The van der Waals surface area contributed by atoms with Crippen LogP contribution >= 0.6 is 0 Å². The highest BCUT2D eigenvalue weighted by Gasteiger charge is 2.17. The summed E-state index contributed by atoms with van der Waals surface area (Å²) in [4.78, 5) is 0. The van der Waals surface area contributed by atoms with Crippen molar-refractivity contribution >= 4 is 10.9 Å². The topological polar surface area (TPSA) is 45.4 Å². The molecule has 1 aromatic heterocycles. The molecule has 0 spiro atoms. The number of phenols is 2. The summed E-state index contributed by atoms with van der Waals surface area (Å²) in [5.74, 6) is 0.256. The van der Waals surface area contributed by atoms with E-state index in [1.54, 1.807) is 12.1 Å². The van der Waals surface area contributed by atoms with Crippen LogP contribution in [0.4, 0.5) is 0 Å². The molecule has 0 aliphatic carbocycles. The fourth-order valence-corrected chi connectivity index (χ4v) is 2.78. The van der Waals surface area contributed by atoms with Crippen LogP contribution in [0.1, 0.15) is 24.1 Å². The van der Waals surface area contributed by atoms with E-state index in [1.807, 2.05) is 19.2 Å². The summed E-state index contributed by atoms with van der Waals surface area (Å²) in [6, 6.07) is 15.1. The standard InChI is InChI=1S/C17H17NO2/c1-11(14-8-7-13(19)10-17(14)20)16-9-12-5-3-4-6-15(12)18(16)2/h3-11,19-20H,1-2H3. The fourth-order valence-electron chi connectivity index (χ4n) is 2.78. The Bertz CT molecular complexity index is 774. The highest BCUT2D eigenvalue weighted by atomic mass is 16.3. The van der Waals surface area contributed by atoms with Gasteiger partial charge in [0.15, 0.2) is 0 Å². The Hall–Kier alpha value is -2.42. The molecular formula is C17H17NO2. The molecule has 0 saturated carbocycles. The molecule has 2 aromatic carbocycles. The molecule has 102 valence electrons. The Morgan fingerprint density at radius 2 is 1.75 bits per heavy atom. The zero-order valence-electron chi connectivity index (χ0n) is 11.5. The highest BCUT2D eigenvalue weighted by molar-refractivity contribution is 5.81. The maximum atomic E-state index is 10.0. The number of aromatic hydroxyl groups is 2. The van der Waals surface area contributed by atoms with Crippen molar-refractivity contribution in [2.45, 2.75) is 12.8 Å². The summed E-state index contributed by atoms with van der Waals surface area (Å²) in [5.41, 5.74) is 3.12.